The zero-order valence-corrected chi connectivity index (χ0v) is 16.7. The maximum absolute atomic E-state index is 12.6. The molecule has 0 bridgehead atoms. The third-order valence-corrected chi connectivity index (χ3v) is 5.70. The van der Waals surface area contributed by atoms with Crippen LogP contribution in [-0.4, -0.2) is 24.1 Å². The molecular weight excluding hydrogens is 364 g/mol. The molecule has 150 valence electrons. The molecule has 2 aliphatic rings. The van der Waals surface area contributed by atoms with Crippen molar-refractivity contribution in [2.45, 2.75) is 45.4 Å². The highest BCUT2D eigenvalue weighted by Gasteiger charge is 2.35. The third-order valence-electron chi connectivity index (χ3n) is 5.70. The van der Waals surface area contributed by atoms with Gasteiger partial charge in [-0.3, -0.25) is 14.4 Å². The molecule has 0 atom stereocenters. The zero-order chi connectivity index (χ0) is 20.4. The highest BCUT2D eigenvalue weighted by molar-refractivity contribution is 6.01. The second-order valence-corrected chi connectivity index (χ2v) is 8.00. The lowest BCUT2D eigenvalue weighted by molar-refractivity contribution is -0.120. The first kappa shape index (κ1) is 19.4. The Labute approximate surface area is 171 Å². The first-order valence-corrected chi connectivity index (χ1v) is 10.4. The van der Waals surface area contributed by atoms with E-state index in [0.29, 0.717) is 11.3 Å². The standard InChI is InChI=1S/C24H26N2O3/c1-16-5-2-3-7-20(16)22(27)12-13-23(28)25-19-11-10-17-6-4-14-26(21(17)15-19)24(29)18-8-9-18/h2-3,5,7,10-11,15,18H,4,6,8-9,12-14H2,1H3,(H,25,28). The van der Waals surface area contributed by atoms with E-state index in [1.165, 1.54) is 0 Å². The van der Waals surface area contributed by atoms with Crippen molar-refractivity contribution < 1.29 is 14.4 Å². The summed E-state index contributed by atoms with van der Waals surface area (Å²) >= 11 is 0. The summed E-state index contributed by atoms with van der Waals surface area (Å²) in [5, 5.41) is 2.89. The lowest BCUT2D eigenvalue weighted by atomic mass is 10.00. The Hall–Kier alpha value is -2.95. The number of carbonyl (C=O) groups excluding carboxylic acids is 3. The van der Waals surface area contributed by atoms with E-state index in [9.17, 15) is 14.4 Å². The summed E-state index contributed by atoms with van der Waals surface area (Å²) in [6.45, 7) is 2.64. The molecule has 2 aromatic carbocycles. The number of fused-ring (bicyclic) bond motifs is 1. The van der Waals surface area contributed by atoms with E-state index in [1.807, 2.05) is 48.2 Å². The second kappa shape index (κ2) is 8.19. The van der Waals surface area contributed by atoms with Crippen LogP contribution in [0.3, 0.4) is 0 Å². The Bertz CT molecular complexity index is 962. The quantitative estimate of drug-likeness (QED) is 0.749. The number of Topliss-reactive ketones (excluding diaryl/α,β-unsaturated/α-hetero) is 1. The topological polar surface area (TPSA) is 66.5 Å². The average Bonchev–Trinajstić information content (AvgIpc) is 3.57. The van der Waals surface area contributed by atoms with Gasteiger partial charge in [0.25, 0.3) is 0 Å². The Kier molecular flexibility index (Phi) is 5.47. The van der Waals surface area contributed by atoms with Crippen LogP contribution in [0, 0.1) is 12.8 Å². The van der Waals surface area contributed by atoms with E-state index in [2.05, 4.69) is 5.32 Å². The fourth-order valence-electron chi connectivity index (χ4n) is 3.90. The summed E-state index contributed by atoms with van der Waals surface area (Å²) in [6.07, 6.45) is 4.19. The van der Waals surface area contributed by atoms with Crippen molar-refractivity contribution in [1.29, 1.82) is 0 Å². The van der Waals surface area contributed by atoms with E-state index in [0.717, 1.165) is 49.0 Å². The normalized spacial score (nSPS) is 15.6. The van der Waals surface area contributed by atoms with Gasteiger partial charge in [0.2, 0.25) is 11.8 Å². The van der Waals surface area contributed by atoms with Crippen LogP contribution in [-0.2, 0) is 16.0 Å². The molecule has 0 saturated heterocycles. The molecule has 5 heteroatoms. The maximum atomic E-state index is 12.6. The van der Waals surface area contributed by atoms with Crippen LogP contribution < -0.4 is 10.2 Å². The van der Waals surface area contributed by atoms with E-state index in [4.69, 9.17) is 0 Å². The fraction of sp³-hybridized carbons (Fsp3) is 0.375. The smallest absolute Gasteiger partial charge is 0.230 e. The van der Waals surface area contributed by atoms with Gasteiger partial charge >= 0.3 is 0 Å². The highest BCUT2D eigenvalue weighted by atomic mass is 16.2. The van der Waals surface area contributed by atoms with Gasteiger partial charge in [-0.25, -0.2) is 0 Å². The third kappa shape index (κ3) is 4.39. The monoisotopic (exact) mass is 390 g/mol. The zero-order valence-electron chi connectivity index (χ0n) is 16.7. The van der Waals surface area contributed by atoms with Crippen molar-refractivity contribution in [3.8, 4) is 0 Å². The van der Waals surface area contributed by atoms with Gasteiger partial charge in [-0.05, 0) is 55.9 Å². The summed E-state index contributed by atoms with van der Waals surface area (Å²) in [6, 6.07) is 13.2. The van der Waals surface area contributed by atoms with Crippen LogP contribution in [0.2, 0.25) is 0 Å². The van der Waals surface area contributed by atoms with E-state index in [1.54, 1.807) is 6.07 Å². The largest absolute Gasteiger partial charge is 0.326 e. The number of ketones is 1. The Morgan fingerprint density at radius 2 is 1.86 bits per heavy atom. The van der Waals surface area contributed by atoms with Gasteiger partial charge in [-0.1, -0.05) is 30.3 Å². The molecule has 1 aliphatic heterocycles. The van der Waals surface area contributed by atoms with Crippen LogP contribution in [0.4, 0.5) is 11.4 Å². The summed E-state index contributed by atoms with van der Waals surface area (Å²) in [5.41, 5.74) is 4.34. The number of amides is 2. The molecule has 2 aromatic rings. The van der Waals surface area contributed by atoms with Crippen molar-refractivity contribution in [2.24, 2.45) is 5.92 Å². The Balaban J connectivity index is 1.40. The fourth-order valence-corrected chi connectivity index (χ4v) is 3.90. The first-order valence-electron chi connectivity index (χ1n) is 10.4. The minimum Gasteiger partial charge on any atom is -0.326 e. The van der Waals surface area contributed by atoms with Gasteiger partial charge in [0.1, 0.15) is 0 Å². The molecule has 1 fully saturated rings. The first-order chi connectivity index (χ1) is 14.0. The molecule has 0 radical (unpaired) electrons. The number of rotatable bonds is 6. The van der Waals surface area contributed by atoms with Crippen LogP contribution in [0.15, 0.2) is 42.5 Å². The van der Waals surface area contributed by atoms with Crippen molar-refractivity contribution in [2.75, 3.05) is 16.8 Å². The minimum atomic E-state index is -0.192. The summed E-state index contributed by atoms with van der Waals surface area (Å²) in [4.78, 5) is 39.2. The predicted molar refractivity (Wildman–Crippen MR) is 113 cm³/mol. The SMILES string of the molecule is Cc1ccccc1C(=O)CCC(=O)Nc1ccc2c(c1)N(C(=O)C1CC1)CCC2. The van der Waals surface area contributed by atoms with E-state index in [-0.39, 0.29) is 36.4 Å². The van der Waals surface area contributed by atoms with Crippen molar-refractivity contribution in [3.05, 3.63) is 59.2 Å². The predicted octanol–water partition coefficient (Wildman–Crippen LogP) is 4.29. The number of nitrogens with one attached hydrogen (secondary N) is 1. The Morgan fingerprint density at radius 3 is 2.62 bits per heavy atom. The molecule has 0 aromatic heterocycles. The molecule has 1 heterocycles. The molecule has 1 saturated carbocycles. The van der Waals surface area contributed by atoms with Crippen LogP contribution in [0.25, 0.3) is 0 Å². The summed E-state index contributed by atoms with van der Waals surface area (Å²) in [7, 11) is 0. The molecular formula is C24H26N2O3. The lowest BCUT2D eigenvalue weighted by Crippen LogP contribution is -2.36. The molecule has 1 N–H and O–H groups in total. The number of carbonyl (C=O) groups is 3. The molecule has 0 unspecified atom stereocenters. The number of aryl methyl sites for hydroxylation is 2. The van der Waals surface area contributed by atoms with Gasteiger partial charge in [0, 0.05) is 42.2 Å². The molecule has 5 nitrogen and oxygen atoms in total. The summed E-state index contributed by atoms with van der Waals surface area (Å²) in [5.74, 6) is 0.164. The van der Waals surface area contributed by atoms with Gasteiger partial charge in [-0.2, -0.15) is 0 Å². The second-order valence-electron chi connectivity index (χ2n) is 8.00. The van der Waals surface area contributed by atoms with E-state index >= 15 is 0 Å². The van der Waals surface area contributed by atoms with Crippen LogP contribution in [0.1, 0.15) is 53.6 Å². The van der Waals surface area contributed by atoms with Gasteiger partial charge in [0.05, 0.1) is 0 Å². The Morgan fingerprint density at radius 1 is 1.07 bits per heavy atom. The molecule has 0 spiro atoms. The van der Waals surface area contributed by atoms with Crippen molar-refractivity contribution in [3.63, 3.8) is 0 Å². The highest BCUT2D eigenvalue weighted by Crippen LogP contribution is 2.36. The lowest BCUT2D eigenvalue weighted by Gasteiger charge is -2.30. The number of nitrogens with zero attached hydrogens (tertiary/aromatic N) is 1. The minimum absolute atomic E-state index is 0.0232. The number of hydrogen-bond acceptors (Lipinski definition) is 3. The van der Waals surface area contributed by atoms with Crippen LogP contribution >= 0.6 is 0 Å². The molecule has 1 aliphatic carbocycles. The molecule has 29 heavy (non-hydrogen) atoms. The number of anilines is 2. The van der Waals surface area contributed by atoms with Crippen molar-refractivity contribution >= 4 is 29.0 Å². The van der Waals surface area contributed by atoms with Gasteiger partial charge in [-0.15, -0.1) is 0 Å². The van der Waals surface area contributed by atoms with Crippen LogP contribution in [0.5, 0.6) is 0 Å². The van der Waals surface area contributed by atoms with E-state index < -0.39 is 0 Å². The average molecular weight is 390 g/mol. The van der Waals surface area contributed by atoms with Crippen molar-refractivity contribution in [1.82, 2.24) is 0 Å². The maximum Gasteiger partial charge on any atom is 0.230 e. The van der Waals surface area contributed by atoms with Gasteiger partial charge in [0.15, 0.2) is 5.78 Å². The molecule has 2 amide bonds. The molecule has 4 rings (SSSR count). The number of hydrogen-bond donors (Lipinski definition) is 1. The number of benzene rings is 2. The summed E-state index contributed by atoms with van der Waals surface area (Å²) < 4.78 is 0. The van der Waals surface area contributed by atoms with Gasteiger partial charge < -0.3 is 10.2 Å².